The van der Waals surface area contributed by atoms with Crippen LogP contribution < -0.4 is 9.64 Å². The predicted octanol–water partition coefficient (Wildman–Crippen LogP) is 7.50. The molecular weight excluding hydrogens is 518 g/mol. The number of ether oxygens (including phenoxy) is 1. The minimum absolute atomic E-state index is 0.0524. The summed E-state index contributed by atoms with van der Waals surface area (Å²) in [5, 5.41) is 11.2. The summed E-state index contributed by atoms with van der Waals surface area (Å²) in [6.45, 7) is 7.13. The third-order valence-corrected chi connectivity index (χ3v) is 10.2. The number of aromatic nitrogens is 2. The smallest absolute Gasteiger partial charge is 0.231 e. The highest BCUT2D eigenvalue weighted by atomic mass is 32.1. The molecule has 6 nitrogen and oxygen atoms in total. The van der Waals surface area contributed by atoms with Gasteiger partial charge >= 0.3 is 0 Å². The quantitative estimate of drug-likeness (QED) is 0.308. The Morgan fingerprint density at radius 3 is 2.45 bits per heavy atom. The van der Waals surface area contributed by atoms with Crippen LogP contribution in [0.1, 0.15) is 93.2 Å². The number of anilines is 1. The van der Waals surface area contributed by atoms with Gasteiger partial charge in [-0.05, 0) is 105 Å². The van der Waals surface area contributed by atoms with Gasteiger partial charge in [-0.15, -0.1) is 11.3 Å². The van der Waals surface area contributed by atoms with Crippen LogP contribution in [0.5, 0.6) is 5.75 Å². The van der Waals surface area contributed by atoms with Gasteiger partial charge in [0.15, 0.2) is 0 Å². The van der Waals surface area contributed by atoms with Crippen molar-refractivity contribution in [2.75, 3.05) is 18.6 Å². The topological polar surface area (TPSA) is 75.5 Å². The van der Waals surface area contributed by atoms with E-state index in [0.717, 1.165) is 65.5 Å². The van der Waals surface area contributed by atoms with Crippen LogP contribution in [0.4, 0.5) is 5.82 Å². The van der Waals surface area contributed by atoms with Gasteiger partial charge in [-0.25, -0.2) is 9.97 Å². The molecule has 5 rings (SSSR count). The fourth-order valence-electron chi connectivity index (χ4n) is 6.34. The Hall–Kier alpha value is -2.77. The summed E-state index contributed by atoms with van der Waals surface area (Å²) >= 11 is 1.71. The molecule has 0 saturated heterocycles. The maximum absolute atomic E-state index is 14.0. The highest BCUT2D eigenvalue weighted by Crippen LogP contribution is 2.39. The van der Waals surface area contributed by atoms with E-state index in [-0.39, 0.29) is 17.9 Å². The summed E-state index contributed by atoms with van der Waals surface area (Å²) in [6.07, 6.45) is 10.8. The zero-order valence-electron chi connectivity index (χ0n) is 24.3. The summed E-state index contributed by atoms with van der Waals surface area (Å²) in [5.41, 5.74) is 3.64. The Balaban J connectivity index is 1.33. The van der Waals surface area contributed by atoms with Gasteiger partial charge in [0.25, 0.3) is 0 Å². The monoisotopic (exact) mass is 561 g/mol. The molecule has 7 heteroatoms. The Labute approximate surface area is 242 Å². The third-order valence-electron chi connectivity index (χ3n) is 8.81. The number of amides is 1. The molecule has 3 aromatic rings. The summed E-state index contributed by atoms with van der Waals surface area (Å²) in [6, 6.07) is 10.7. The summed E-state index contributed by atoms with van der Waals surface area (Å²) < 4.78 is 5.46. The normalized spacial score (nSPS) is 23.2. The molecule has 40 heavy (non-hydrogen) atoms. The highest BCUT2D eigenvalue weighted by molar-refractivity contribution is 7.15. The number of benzene rings is 1. The maximum atomic E-state index is 14.0. The van der Waals surface area contributed by atoms with Gasteiger partial charge in [0.2, 0.25) is 5.91 Å². The van der Waals surface area contributed by atoms with E-state index in [9.17, 15) is 9.90 Å². The van der Waals surface area contributed by atoms with Gasteiger partial charge in [0, 0.05) is 30.8 Å². The number of hydrogen-bond acceptors (Lipinski definition) is 6. The second-order valence-corrected chi connectivity index (χ2v) is 13.1. The van der Waals surface area contributed by atoms with E-state index in [1.165, 1.54) is 11.1 Å². The highest BCUT2D eigenvalue weighted by Gasteiger charge is 2.33. The molecule has 0 atom stereocenters. The zero-order chi connectivity index (χ0) is 28.2. The maximum Gasteiger partial charge on any atom is 0.231 e. The van der Waals surface area contributed by atoms with Gasteiger partial charge in [-0.1, -0.05) is 26.0 Å². The van der Waals surface area contributed by atoms with Gasteiger partial charge in [0.05, 0.1) is 23.1 Å². The Kier molecular flexibility index (Phi) is 9.21. The Morgan fingerprint density at radius 2 is 1.80 bits per heavy atom. The lowest BCUT2D eigenvalue weighted by Crippen LogP contribution is -2.42. The largest absolute Gasteiger partial charge is 0.496 e. The predicted molar refractivity (Wildman–Crippen MR) is 162 cm³/mol. The van der Waals surface area contributed by atoms with E-state index in [2.05, 4.69) is 50.0 Å². The lowest BCUT2D eigenvalue weighted by molar-refractivity contribution is -0.124. The van der Waals surface area contributed by atoms with Crippen molar-refractivity contribution in [3.8, 4) is 16.2 Å². The van der Waals surface area contributed by atoms with Gasteiger partial charge in [-0.2, -0.15) is 0 Å². The molecule has 0 spiro atoms. The fourth-order valence-corrected chi connectivity index (χ4v) is 7.26. The zero-order valence-corrected chi connectivity index (χ0v) is 25.1. The van der Waals surface area contributed by atoms with Crippen molar-refractivity contribution in [1.82, 2.24) is 9.97 Å². The van der Waals surface area contributed by atoms with E-state index in [1.807, 2.05) is 23.4 Å². The Bertz CT molecular complexity index is 1290. The standard InChI is InChI=1S/C33H43N3O3S/c1-21(2)32-35-19-30(40-32)27-15-16-34-31(18-27)36(33(38)25-9-12-28(37)13-10-25)20-23-5-7-24(8-6-23)26-11-14-29(39-4)22(3)17-26/h11,14-19,21,23-25,28,37H,5-10,12-13,20H2,1-4H3/t23-,24-,25-,28-. The molecule has 2 aromatic heterocycles. The summed E-state index contributed by atoms with van der Waals surface area (Å²) in [4.78, 5) is 26.4. The van der Waals surface area contributed by atoms with Crippen molar-refractivity contribution in [3.05, 3.63) is 58.9 Å². The van der Waals surface area contributed by atoms with Crippen LogP contribution in [-0.2, 0) is 4.79 Å². The fraction of sp³-hybridized carbons (Fsp3) is 0.545. The molecule has 2 aliphatic rings. The lowest BCUT2D eigenvalue weighted by atomic mass is 9.78. The summed E-state index contributed by atoms with van der Waals surface area (Å²) in [7, 11) is 1.72. The second-order valence-electron chi connectivity index (χ2n) is 12.0. The van der Waals surface area contributed by atoms with Gasteiger partial charge < -0.3 is 9.84 Å². The third kappa shape index (κ3) is 6.58. The van der Waals surface area contributed by atoms with Gasteiger partial charge in [0.1, 0.15) is 11.6 Å². The van der Waals surface area contributed by atoms with E-state index in [0.29, 0.717) is 37.1 Å². The molecular formula is C33H43N3O3S. The number of thiazole rings is 1. The molecule has 1 aromatic carbocycles. The van der Waals surface area contributed by atoms with E-state index < -0.39 is 0 Å². The molecule has 0 bridgehead atoms. The van der Waals surface area contributed by atoms with Crippen LogP contribution in [-0.4, -0.2) is 40.7 Å². The van der Waals surface area contributed by atoms with Crippen LogP contribution in [0.15, 0.2) is 42.7 Å². The van der Waals surface area contributed by atoms with Crippen molar-refractivity contribution in [3.63, 3.8) is 0 Å². The molecule has 0 radical (unpaired) electrons. The van der Waals surface area contributed by atoms with Crippen LogP contribution in [0, 0.1) is 18.8 Å². The number of methoxy groups -OCH3 is 1. The number of aliphatic hydroxyl groups is 1. The first-order valence-corrected chi connectivity index (χ1v) is 15.7. The molecule has 2 saturated carbocycles. The number of aryl methyl sites for hydroxylation is 1. The van der Waals surface area contributed by atoms with E-state index >= 15 is 0 Å². The SMILES string of the molecule is COc1ccc([C@H]2CC[C@H](CN(c3cc(-c4cnc(C(C)C)s4)ccn3)C(=O)[C@H]3CC[C@H](O)CC3)CC2)cc1C. The summed E-state index contributed by atoms with van der Waals surface area (Å²) in [5.74, 6) is 3.16. The van der Waals surface area contributed by atoms with E-state index in [4.69, 9.17) is 9.72 Å². The number of rotatable bonds is 8. The molecule has 214 valence electrons. The van der Waals surface area contributed by atoms with Crippen LogP contribution in [0.25, 0.3) is 10.4 Å². The molecule has 0 aliphatic heterocycles. The molecule has 2 aliphatic carbocycles. The first-order chi connectivity index (χ1) is 19.3. The van der Waals surface area contributed by atoms with Crippen molar-refractivity contribution < 1.29 is 14.6 Å². The van der Waals surface area contributed by atoms with Crippen molar-refractivity contribution in [1.29, 1.82) is 0 Å². The molecule has 2 fully saturated rings. The first-order valence-electron chi connectivity index (χ1n) is 14.9. The second kappa shape index (κ2) is 12.8. The van der Waals surface area contributed by atoms with Crippen LogP contribution in [0.2, 0.25) is 0 Å². The van der Waals surface area contributed by atoms with Crippen LogP contribution in [0.3, 0.4) is 0 Å². The number of carbonyl (C=O) groups is 1. The number of pyridine rings is 1. The average Bonchev–Trinajstić information content (AvgIpc) is 3.47. The lowest BCUT2D eigenvalue weighted by Gasteiger charge is -2.35. The number of aliphatic hydroxyl groups excluding tert-OH is 1. The first kappa shape index (κ1) is 28.7. The molecule has 0 unspecified atom stereocenters. The van der Waals surface area contributed by atoms with Crippen molar-refractivity contribution in [2.45, 2.75) is 90.1 Å². The molecule has 1 N–H and O–H groups in total. The minimum Gasteiger partial charge on any atom is -0.496 e. The average molecular weight is 562 g/mol. The number of carbonyl (C=O) groups excluding carboxylic acids is 1. The minimum atomic E-state index is -0.280. The van der Waals surface area contributed by atoms with E-state index in [1.54, 1.807) is 18.4 Å². The molecule has 2 heterocycles. The van der Waals surface area contributed by atoms with Crippen LogP contribution >= 0.6 is 11.3 Å². The number of nitrogens with zero attached hydrogens (tertiary/aromatic N) is 3. The number of hydrogen-bond donors (Lipinski definition) is 1. The van der Waals surface area contributed by atoms with Gasteiger partial charge in [-0.3, -0.25) is 9.69 Å². The van der Waals surface area contributed by atoms with Crippen molar-refractivity contribution >= 4 is 23.1 Å². The molecule has 1 amide bonds. The van der Waals surface area contributed by atoms with Crippen molar-refractivity contribution in [2.24, 2.45) is 11.8 Å². The Morgan fingerprint density at radius 1 is 1.05 bits per heavy atom.